The molecule has 1 amide bonds. The molecule has 1 saturated heterocycles. The van der Waals surface area contributed by atoms with Gasteiger partial charge < -0.3 is 5.11 Å². The monoisotopic (exact) mass is 456 g/mol. The van der Waals surface area contributed by atoms with Crippen LogP contribution in [-0.4, -0.2) is 22.2 Å². The molecule has 3 aromatic rings. The number of hydrogen-bond donors (Lipinski definition) is 1. The second kappa shape index (κ2) is 9.08. The first-order valence-corrected chi connectivity index (χ1v) is 11.3. The van der Waals surface area contributed by atoms with Gasteiger partial charge in [0.2, 0.25) is 0 Å². The maximum Gasteiger partial charge on any atom is 0.335 e. The standard InChI is InChI=1S/C27H24N2O3S/c1-16-9-17(2)12-22(11-16)28-27-29(23-13-18(3)10-19(4)14-23)25(30)24(33-27)15-20-5-7-21(8-6-20)26(31)32/h5-15H,1-4H3,(H,31,32)/b24-15-,28-27?. The molecule has 0 atom stereocenters. The van der Waals surface area contributed by atoms with E-state index in [1.165, 1.54) is 23.9 Å². The lowest BCUT2D eigenvalue weighted by Crippen LogP contribution is -2.28. The van der Waals surface area contributed by atoms with E-state index in [4.69, 9.17) is 10.1 Å². The van der Waals surface area contributed by atoms with Crippen LogP contribution in [0.1, 0.15) is 38.2 Å². The summed E-state index contributed by atoms with van der Waals surface area (Å²) in [7, 11) is 0. The number of thioether (sulfide) groups is 1. The number of amides is 1. The molecule has 0 aromatic heterocycles. The third kappa shape index (κ3) is 5.07. The summed E-state index contributed by atoms with van der Waals surface area (Å²) in [6, 6.07) is 18.6. The van der Waals surface area contributed by atoms with Crippen LogP contribution in [0.5, 0.6) is 0 Å². The highest BCUT2D eigenvalue weighted by Gasteiger charge is 2.35. The molecule has 4 rings (SSSR count). The lowest BCUT2D eigenvalue weighted by molar-refractivity contribution is -0.113. The average molecular weight is 457 g/mol. The summed E-state index contributed by atoms with van der Waals surface area (Å²) >= 11 is 1.32. The van der Waals surface area contributed by atoms with E-state index in [1.54, 1.807) is 23.1 Å². The molecule has 1 heterocycles. The average Bonchev–Trinajstić information content (AvgIpc) is 3.01. The smallest absolute Gasteiger partial charge is 0.335 e. The second-order valence-electron chi connectivity index (χ2n) is 8.26. The Hall–Kier alpha value is -3.64. The zero-order valence-corrected chi connectivity index (χ0v) is 19.7. The summed E-state index contributed by atoms with van der Waals surface area (Å²) in [6.07, 6.45) is 1.78. The van der Waals surface area contributed by atoms with Crippen LogP contribution in [-0.2, 0) is 4.79 Å². The van der Waals surface area contributed by atoms with Crippen molar-refractivity contribution in [2.75, 3.05) is 4.90 Å². The molecule has 0 radical (unpaired) electrons. The fourth-order valence-corrected chi connectivity index (χ4v) is 4.86. The van der Waals surface area contributed by atoms with Crippen molar-refractivity contribution < 1.29 is 14.7 Å². The summed E-state index contributed by atoms with van der Waals surface area (Å²) in [5.41, 5.74) is 6.87. The van der Waals surface area contributed by atoms with Gasteiger partial charge in [-0.2, -0.15) is 0 Å². The third-order valence-corrected chi connectivity index (χ3v) is 6.13. The molecule has 1 aliphatic rings. The summed E-state index contributed by atoms with van der Waals surface area (Å²) in [6.45, 7) is 8.06. The van der Waals surface area contributed by atoms with Gasteiger partial charge in [-0.25, -0.2) is 9.79 Å². The van der Waals surface area contributed by atoms with E-state index >= 15 is 0 Å². The lowest BCUT2D eigenvalue weighted by Gasteiger charge is -2.17. The van der Waals surface area contributed by atoms with Gasteiger partial charge in [-0.1, -0.05) is 24.3 Å². The van der Waals surface area contributed by atoms with Crippen molar-refractivity contribution in [2.24, 2.45) is 4.99 Å². The molecule has 0 unspecified atom stereocenters. The first-order valence-electron chi connectivity index (χ1n) is 10.5. The van der Waals surface area contributed by atoms with Crippen LogP contribution < -0.4 is 4.90 Å². The summed E-state index contributed by atoms with van der Waals surface area (Å²) < 4.78 is 0. The van der Waals surface area contributed by atoms with E-state index in [0.717, 1.165) is 39.2 Å². The minimum absolute atomic E-state index is 0.157. The van der Waals surface area contributed by atoms with Crippen molar-refractivity contribution in [1.82, 2.24) is 0 Å². The number of aryl methyl sites for hydroxylation is 4. The van der Waals surface area contributed by atoms with Gasteiger partial charge in [-0.15, -0.1) is 0 Å². The van der Waals surface area contributed by atoms with E-state index in [9.17, 15) is 9.59 Å². The Morgan fingerprint density at radius 2 is 1.42 bits per heavy atom. The molecule has 0 aliphatic carbocycles. The van der Waals surface area contributed by atoms with Gasteiger partial charge in [-0.05, 0) is 110 Å². The number of hydrogen-bond acceptors (Lipinski definition) is 4. The fourth-order valence-electron chi connectivity index (χ4n) is 3.86. The normalized spacial score (nSPS) is 16.1. The predicted molar refractivity (Wildman–Crippen MR) is 135 cm³/mol. The van der Waals surface area contributed by atoms with Crippen LogP contribution in [0.25, 0.3) is 6.08 Å². The first-order chi connectivity index (χ1) is 15.7. The molecule has 0 bridgehead atoms. The Morgan fingerprint density at radius 1 is 0.879 bits per heavy atom. The molecule has 1 aliphatic heterocycles. The topological polar surface area (TPSA) is 70.0 Å². The number of nitrogens with zero attached hydrogens (tertiary/aromatic N) is 2. The number of aliphatic imine (C=N–C) groups is 1. The van der Waals surface area contributed by atoms with Gasteiger partial charge in [0.15, 0.2) is 5.17 Å². The molecule has 0 spiro atoms. The Kier molecular flexibility index (Phi) is 6.20. The largest absolute Gasteiger partial charge is 0.478 e. The van der Waals surface area contributed by atoms with E-state index in [1.807, 2.05) is 52.0 Å². The van der Waals surface area contributed by atoms with Crippen molar-refractivity contribution in [3.05, 3.63) is 98.9 Å². The number of carboxylic acids is 1. The fraction of sp³-hybridized carbons (Fsp3) is 0.148. The van der Waals surface area contributed by atoms with Crippen molar-refractivity contribution in [3.8, 4) is 0 Å². The number of carbonyl (C=O) groups is 2. The molecule has 3 aromatic carbocycles. The minimum Gasteiger partial charge on any atom is -0.478 e. The number of rotatable bonds is 4. The Labute approximate surface area is 197 Å². The molecule has 1 fully saturated rings. The summed E-state index contributed by atoms with van der Waals surface area (Å²) in [5, 5.41) is 9.71. The predicted octanol–water partition coefficient (Wildman–Crippen LogP) is 6.43. The Morgan fingerprint density at radius 3 is 1.97 bits per heavy atom. The van der Waals surface area contributed by atoms with E-state index in [2.05, 4.69) is 12.1 Å². The highest BCUT2D eigenvalue weighted by atomic mass is 32.2. The second-order valence-corrected chi connectivity index (χ2v) is 9.27. The van der Waals surface area contributed by atoms with Crippen molar-refractivity contribution in [2.45, 2.75) is 27.7 Å². The molecule has 33 heavy (non-hydrogen) atoms. The summed E-state index contributed by atoms with van der Waals surface area (Å²) in [5.74, 6) is -1.14. The number of amidine groups is 1. The van der Waals surface area contributed by atoms with Crippen LogP contribution in [0.2, 0.25) is 0 Å². The number of anilines is 1. The molecule has 1 N–H and O–H groups in total. The van der Waals surface area contributed by atoms with Crippen molar-refractivity contribution >= 4 is 46.3 Å². The molecular formula is C27H24N2O3S. The quantitative estimate of drug-likeness (QED) is 0.460. The van der Waals surface area contributed by atoms with Gasteiger partial charge in [0.1, 0.15) is 0 Å². The zero-order chi connectivity index (χ0) is 23.7. The minimum atomic E-state index is -0.982. The van der Waals surface area contributed by atoms with E-state index in [-0.39, 0.29) is 11.5 Å². The zero-order valence-electron chi connectivity index (χ0n) is 18.9. The SMILES string of the molecule is Cc1cc(C)cc(N=C2S/C(=C\c3ccc(C(=O)O)cc3)C(=O)N2c2cc(C)cc(C)c2)c1. The molecular weight excluding hydrogens is 432 g/mol. The number of aromatic carboxylic acids is 1. The van der Waals surface area contributed by atoms with Crippen LogP contribution in [0.15, 0.2) is 70.6 Å². The molecule has 166 valence electrons. The lowest BCUT2D eigenvalue weighted by atomic mass is 10.1. The van der Waals surface area contributed by atoms with Crippen LogP contribution in [0, 0.1) is 27.7 Å². The van der Waals surface area contributed by atoms with Gasteiger partial charge in [0.05, 0.1) is 21.8 Å². The number of benzene rings is 3. The van der Waals surface area contributed by atoms with Crippen LogP contribution >= 0.6 is 11.8 Å². The Balaban J connectivity index is 1.79. The van der Waals surface area contributed by atoms with Gasteiger partial charge >= 0.3 is 5.97 Å². The molecule has 6 heteroatoms. The third-order valence-electron chi connectivity index (χ3n) is 5.16. The molecule has 0 saturated carbocycles. The van der Waals surface area contributed by atoms with Gasteiger partial charge in [-0.3, -0.25) is 9.69 Å². The van der Waals surface area contributed by atoms with Crippen molar-refractivity contribution in [3.63, 3.8) is 0 Å². The van der Waals surface area contributed by atoms with Crippen LogP contribution in [0.4, 0.5) is 11.4 Å². The van der Waals surface area contributed by atoms with Crippen molar-refractivity contribution in [1.29, 1.82) is 0 Å². The maximum atomic E-state index is 13.5. The maximum absolute atomic E-state index is 13.5. The van der Waals surface area contributed by atoms with Gasteiger partial charge in [0.25, 0.3) is 5.91 Å². The number of carbonyl (C=O) groups excluding carboxylic acids is 1. The van der Waals surface area contributed by atoms with Gasteiger partial charge in [0, 0.05) is 0 Å². The Bertz CT molecular complexity index is 1280. The molecule has 5 nitrogen and oxygen atoms in total. The van der Waals surface area contributed by atoms with Crippen LogP contribution in [0.3, 0.4) is 0 Å². The first kappa shape index (κ1) is 22.6. The highest BCUT2D eigenvalue weighted by molar-refractivity contribution is 8.19. The van der Waals surface area contributed by atoms with E-state index in [0.29, 0.717) is 10.1 Å². The van der Waals surface area contributed by atoms with E-state index < -0.39 is 5.97 Å². The highest BCUT2D eigenvalue weighted by Crippen LogP contribution is 2.38. The number of carboxylic acid groups (broad SMARTS) is 1. The summed E-state index contributed by atoms with van der Waals surface area (Å²) in [4.78, 5) is 31.7.